The molecule has 1 fully saturated rings. The predicted molar refractivity (Wildman–Crippen MR) is 148 cm³/mol. The lowest BCUT2D eigenvalue weighted by Gasteiger charge is -2.51. The average Bonchev–Trinajstić information content (AvgIpc) is 3.15. The highest BCUT2D eigenvalue weighted by Gasteiger charge is 2.68. The molecule has 1 heterocycles. The van der Waals surface area contributed by atoms with E-state index in [9.17, 15) is 14.4 Å². The van der Waals surface area contributed by atoms with Gasteiger partial charge in [0.25, 0.3) is 0 Å². The van der Waals surface area contributed by atoms with Crippen molar-refractivity contribution >= 4 is 35.1 Å². The number of carbonyl (C=O) groups excluding carboxylic acids is 3. The zero-order valence-corrected chi connectivity index (χ0v) is 21.9. The van der Waals surface area contributed by atoms with Crippen LogP contribution in [0, 0.1) is 11.3 Å². The number of amides is 2. The second-order valence-electron chi connectivity index (χ2n) is 10.7. The number of nitrogens with zero attached hydrogens (tertiary/aromatic N) is 1. The number of hydrogen-bond acceptors (Lipinski definition) is 4. The molecule has 0 spiro atoms. The van der Waals surface area contributed by atoms with Gasteiger partial charge in [0.05, 0.1) is 23.4 Å². The first-order valence-electron chi connectivity index (χ1n) is 13.0. The summed E-state index contributed by atoms with van der Waals surface area (Å²) in [7, 11) is 0. The fourth-order valence-electron chi connectivity index (χ4n) is 6.98. The fraction of sp³-hybridized carbons (Fsp3) is 0.182. The van der Waals surface area contributed by atoms with Crippen molar-refractivity contribution in [2.24, 2.45) is 11.3 Å². The maximum Gasteiger partial charge on any atom is 0.315 e. The van der Waals surface area contributed by atoms with E-state index in [4.69, 9.17) is 16.3 Å². The average molecular weight is 534 g/mol. The predicted octanol–water partition coefficient (Wildman–Crippen LogP) is 6.27. The Labute approximate surface area is 231 Å². The molecule has 1 saturated heterocycles. The highest BCUT2D eigenvalue weighted by molar-refractivity contribution is 6.30. The molecule has 0 N–H and O–H groups in total. The minimum Gasteiger partial charge on any atom is -0.426 e. The largest absolute Gasteiger partial charge is 0.426 e. The van der Waals surface area contributed by atoms with Crippen LogP contribution in [-0.2, 0) is 20.8 Å². The van der Waals surface area contributed by atoms with Crippen LogP contribution in [0.1, 0.15) is 46.6 Å². The van der Waals surface area contributed by atoms with Crippen molar-refractivity contribution in [1.29, 1.82) is 0 Å². The number of ether oxygens (including phenoxy) is 1. The van der Waals surface area contributed by atoms with Gasteiger partial charge < -0.3 is 4.74 Å². The summed E-state index contributed by atoms with van der Waals surface area (Å²) in [5, 5.41) is 0.591. The quantitative estimate of drug-likeness (QED) is 0.176. The third-order valence-electron chi connectivity index (χ3n) is 8.58. The van der Waals surface area contributed by atoms with Crippen molar-refractivity contribution in [3.8, 4) is 5.75 Å². The maximum atomic E-state index is 14.3. The van der Waals surface area contributed by atoms with E-state index in [1.807, 2.05) is 31.2 Å². The molecule has 4 aromatic carbocycles. The number of imide groups is 1. The number of carbonyl (C=O) groups is 3. The van der Waals surface area contributed by atoms with Crippen LogP contribution in [0.4, 0.5) is 5.69 Å². The van der Waals surface area contributed by atoms with Crippen LogP contribution in [0.2, 0.25) is 5.02 Å². The zero-order chi connectivity index (χ0) is 26.9. The van der Waals surface area contributed by atoms with Gasteiger partial charge >= 0.3 is 5.97 Å². The van der Waals surface area contributed by atoms with E-state index in [1.54, 1.807) is 48.5 Å². The van der Waals surface area contributed by atoms with Gasteiger partial charge in [-0.25, -0.2) is 4.90 Å². The normalized spacial score (nSPS) is 24.3. The molecule has 2 amide bonds. The molecule has 6 heteroatoms. The van der Waals surface area contributed by atoms with Gasteiger partial charge in [0.15, 0.2) is 0 Å². The Kier molecular flexibility index (Phi) is 5.29. The molecule has 0 saturated carbocycles. The first-order chi connectivity index (χ1) is 18.9. The van der Waals surface area contributed by atoms with E-state index < -0.39 is 17.3 Å². The Morgan fingerprint density at radius 2 is 1.46 bits per heavy atom. The van der Waals surface area contributed by atoms with Gasteiger partial charge in [-0.2, -0.15) is 0 Å². The summed E-state index contributed by atoms with van der Waals surface area (Å²) in [6.07, 6.45) is 0.0724. The molecule has 2 atom stereocenters. The van der Waals surface area contributed by atoms with Crippen LogP contribution < -0.4 is 9.64 Å². The summed E-state index contributed by atoms with van der Waals surface area (Å²) in [6.45, 7) is 1.94. The van der Waals surface area contributed by atoms with Crippen molar-refractivity contribution in [2.45, 2.75) is 25.2 Å². The minimum absolute atomic E-state index is 0.0724. The van der Waals surface area contributed by atoms with Crippen LogP contribution in [0.25, 0.3) is 0 Å². The van der Waals surface area contributed by atoms with E-state index in [0.717, 1.165) is 27.8 Å². The Balaban J connectivity index is 1.24. The maximum absolute atomic E-state index is 14.3. The topological polar surface area (TPSA) is 63.7 Å². The van der Waals surface area contributed by atoms with Crippen molar-refractivity contribution in [1.82, 2.24) is 0 Å². The van der Waals surface area contributed by atoms with Gasteiger partial charge in [0, 0.05) is 22.9 Å². The molecule has 4 aliphatic rings. The second kappa shape index (κ2) is 8.65. The SMILES string of the molecule is CC12C(=O)N(c3cccc(OC(=O)Cc4ccc(Cl)cc4)c3)C(=O)C1C1c3ccccc3C2c2ccccc21. The van der Waals surface area contributed by atoms with Crippen LogP contribution in [0.3, 0.4) is 0 Å². The van der Waals surface area contributed by atoms with Crippen LogP contribution >= 0.6 is 11.6 Å². The summed E-state index contributed by atoms with van der Waals surface area (Å²) in [4.78, 5) is 42.4. The monoisotopic (exact) mass is 533 g/mol. The van der Waals surface area contributed by atoms with Gasteiger partial charge in [-0.3, -0.25) is 14.4 Å². The van der Waals surface area contributed by atoms with Crippen molar-refractivity contribution < 1.29 is 19.1 Å². The standard InChI is InChI=1S/C33H24ClNO4/c1-33-29-25-11-4-2-9-23(25)28(24-10-3-5-12-26(24)29)30(33)31(37)35(32(33)38)21-7-6-8-22(18-21)39-27(36)17-19-13-15-20(34)16-14-19/h2-16,18,28-30H,17H2,1H3. The molecular formula is C33H24ClNO4. The Morgan fingerprint density at radius 3 is 2.10 bits per heavy atom. The van der Waals surface area contributed by atoms with Crippen LogP contribution in [-0.4, -0.2) is 17.8 Å². The molecule has 4 aromatic rings. The van der Waals surface area contributed by atoms with Gasteiger partial charge in [-0.1, -0.05) is 78.3 Å². The molecule has 2 unspecified atom stereocenters. The van der Waals surface area contributed by atoms with E-state index in [-0.39, 0.29) is 35.8 Å². The first-order valence-corrected chi connectivity index (χ1v) is 13.4. The third kappa shape index (κ3) is 3.43. The summed E-state index contributed by atoms with van der Waals surface area (Å²) >= 11 is 5.93. The Hall–Kier alpha value is -4.22. The van der Waals surface area contributed by atoms with Crippen LogP contribution in [0.5, 0.6) is 5.75 Å². The molecule has 0 radical (unpaired) electrons. The highest BCUT2D eigenvalue weighted by atomic mass is 35.5. The van der Waals surface area contributed by atoms with Crippen LogP contribution in [0.15, 0.2) is 97.1 Å². The lowest BCUT2D eigenvalue weighted by Crippen LogP contribution is -2.49. The number of rotatable bonds is 4. The van der Waals surface area contributed by atoms with Crippen molar-refractivity contribution in [3.05, 3.63) is 130 Å². The van der Waals surface area contributed by atoms with E-state index in [1.165, 1.54) is 4.90 Å². The first kappa shape index (κ1) is 23.9. The lowest BCUT2D eigenvalue weighted by atomic mass is 9.48. The Bertz CT molecular complexity index is 1630. The molecule has 2 bridgehead atoms. The van der Waals surface area contributed by atoms with Gasteiger partial charge in [0.1, 0.15) is 5.75 Å². The molecule has 0 aromatic heterocycles. The highest BCUT2D eigenvalue weighted by Crippen LogP contribution is 2.67. The van der Waals surface area contributed by atoms with Gasteiger partial charge in [-0.15, -0.1) is 0 Å². The molecule has 39 heavy (non-hydrogen) atoms. The molecule has 8 rings (SSSR count). The van der Waals surface area contributed by atoms with Crippen molar-refractivity contribution in [2.75, 3.05) is 4.90 Å². The van der Waals surface area contributed by atoms with E-state index in [2.05, 4.69) is 24.3 Å². The number of hydrogen-bond donors (Lipinski definition) is 0. The number of esters is 1. The van der Waals surface area contributed by atoms with Crippen molar-refractivity contribution in [3.63, 3.8) is 0 Å². The number of halogens is 1. The molecule has 3 aliphatic carbocycles. The summed E-state index contributed by atoms with van der Waals surface area (Å²) in [5.41, 5.74) is 4.74. The molecule has 1 aliphatic heterocycles. The fourth-order valence-corrected chi connectivity index (χ4v) is 7.11. The minimum atomic E-state index is -0.925. The summed E-state index contributed by atoms with van der Waals surface area (Å²) < 4.78 is 5.60. The van der Waals surface area contributed by atoms with Gasteiger partial charge in [-0.05, 0) is 59.0 Å². The van der Waals surface area contributed by atoms with Gasteiger partial charge in [0.2, 0.25) is 11.8 Å². The lowest BCUT2D eigenvalue weighted by molar-refractivity contribution is -0.133. The third-order valence-corrected chi connectivity index (χ3v) is 8.83. The van der Waals surface area contributed by atoms with E-state index in [0.29, 0.717) is 10.7 Å². The summed E-state index contributed by atoms with van der Waals surface area (Å²) in [6, 6.07) is 30.0. The Morgan fingerprint density at radius 1 is 0.846 bits per heavy atom. The van der Waals surface area contributed by atoms with E-state index >= 15 is 0 Å². The number of benzene rings is 4. The zero-order valence-electron chi connectivity index (χ0n) is 21.1. The second-order valence-corrected chi connectivity index (χ2v) is 11.1. The smallest absolute Gasteiger partial charge is 0.315 e. The summed E-state index contributed by atoms with van der Waals surface area (Å²) in [5.74, 6) is -1.54. The number of anilines is 1. The molecule has 192 valence electrons. The molecular weight excluding hydrogens is 510 g/mol. The molecule has 5 nitrogen and oxygen atoms in total.